The van der Waals surface area contributed by atoms with Crippen LogP contribution in [0.5, 0.6) is 0 Å². The number of carbonyl (C=O) groups excluding carboxylic acids is 19. The molecule has 43 heteroatoms. The average molecular weight is 1600 g/mol. The number of imide groups is 1. The summed E-state index contributed by atoms with van der Waals surface area (Å²) in [5.74, 6) is -13.0. The number of nitrogens with one attached hydrogen (secondary N) is 11. The van der Waals surface area contributed by atoms with Gasteiger partial charge in [0, 0.05) is 71.1 Å². The molecule has 0 saturated carbocycles. The van der Waals surface area contributed by atoms with E-state index in [0.717, 1.165) is 9.80 Å². The van der Waals surface area contributed by atoms with Gasteiger partial charge in [0.15, 0.2) is 0 Å². The van der Waals surface area contributed by atoms with Gasteiger partial charge in [-0.2, -0.15) is 0 Å². The van der Waals surface area contributed by atoms with Crippen molar-refractivity contribution < 1.29 is 116 Å². The van der Waals surface area contributed by atoms with Crippen LogP contribution in [-0.4, -0.2) is 330 Å². The van der Waals surface area contributed by atoms with Gasteiger partial charge in [0.25, 0.3) is 0 Å². The standard InChI is InChI=1S/C70H113N19O24/c1-3-42-31-59(100)89(66(42)107)27-20-44(94)14-12-28-112-29-30-113-40-58(99)74-22-7-5-15-45(60(73)101)83-84-49(39-93)68(109)87-25-10-18-52(87)70(111)88-26-11-19-53(88)69(110)86-24-9-17-51(86)65(106)78-41(2)61(102)76-35-57(98)81-47(37-91)63(104)82-48(38-92)67(108)85-23-8-16-50(85)64(105)77-33-55(96)75-34-56(97)80-46(32-54(72)95)62(103)79-43(36-90)13-4-6-21-71/h36,41-43,45-53,83-84,91-93H,3-35,37-40,71H2,1-2H3,(H2,72,95)(H2,73,101)(H,74,99)(H,75,96)(H,76,102)(H,77,105)(H,78,106)(H,79,103)(H,80,97)(H,81,98)(H,82,104)/t41?,42?,43-,45?,46?,47-,48-,49-,50-,51-,52-,53-/m0/s1. The zero-order chi connectivity index (χ0) is 83.3. The lowest BCUT2D eigenvalue weighted by atomic mass is 10.1. The third-order valence-corrected chi connectivity index (χ3v) is 19.8. The molecule has 5 aliphatic heterocycles. The molecule has 0 aromatic rings. The van der Waals surface area contributed by atoms with E-state index in [9.17, 15) is 106 Å². The summed E-state index contributed by atoms with van der Waals surface area (Å²) in [5, 5.41) is 51.8. The van der Waals surface area contributed by atoms with Crippen molar-refractivity contribution in [2.24, 2.45) is 23.1 Å². The van der Waals surface area contributed by atoms with E-state index in [2.05, 4.69) is 58.7 Å². The van der Waals surface area contributed by atoms with E-state index in [4.69, 9.17) is 26.7 Å². The minimum Gasteiger partial charge on any atom is -0.394 e. The van der Waals surface area contributed by atoms with E-state index in [1.54, 1.807) is 0 Å². The highest BCUT2D eigenvalue weighted by molar-refractivity contribution is 6.04. The number of hydrogen-bond donors (Lipinski definition) is 17. The van der Waals surface area contributed by atoms with Crippen molar-refractivity contribution in [3.05, 3.63) is 0 Å². The number of aliphatic hydroxyl groups excluding tert-OH is 3. The normalized spacial score (nSPS) is 19.9. The Morgan fingerprint density at radius 1 is 0.531 bits per heavy atom. The zero-order valence-corrected chi connectivity index (χ0v) is 64.1. The number of aliphatic hydroxyl groups is 3. The van der Waals surface area contributed by atoms with Gasteiger partial charge in [0.1, 0.15) is 73.1 Å². The van der Waals surface area contributed by atoms with Crippen molar-refractivity contribution >= 4 is 112 Å². The molecular weight excluding hydrogens is 1490 g/mol. The highest BCUT2D eigenvalue weighted by Gasteiger charge is 2.47. The van der Waals surface area contributed by atoms with E-state index in [0.29, 0.717) is 70.6 Å². The minimum atomic E-state index is -1.75. The highest BCUT2D eigenvalue weighted by atomic mass is 16.5. The van der Waals surface area contributed by atoms with Crippen molar-refractivity contribution in [3.8, 4) is 0 Å². The van der Waals surface area contributed by atoms with Gasteiger partial charge in [-0.1, -0.05) is 6.92 Å². The molecule has 5 fully saturated rings. The Labute approximate surface area is 652 Å². The van der Waals surface area contributed by atoms with Gasteiger partial charge >= 0.3 is 0 Å². The third-order valence-electron chi connectivity index (χ3n) is 19.8. The highest BCUT2D eigenvalue weighted by Crippen LogP contribution is 2.30. The lowest BCUT2D eigenvalue weighted by molar-refractivity contribution is -0.151. The molecule has 43 nitrogen and oxygen atoms in total. The predicted molar refractivity (Wildman–Crippen MR) is 393 cm³/mol. The van der Waals surface area contributed by atoms with Crippen LogP contribution >= 0.6 is 0 Å². The van der Waals surface area contributed by atoms with Crippen molar-refractivity contribution in [3.63, 3.8) is 0 Å². The van der Waals surface area contributed by atoms with E-state index >= 15 is 0 Å². The molecular formula is C70H113N19O24. The minimum absolute atomic E-state index is 0.0359. The van der Waals surface area contributed by atoms with Crippen molar-refractivity contribution in [2.45, 2.75) is 209 Å². The fraction of sp³-hybridized carbons (Fsp3) is 0.729. The van der Waals surface area contributed by atoms with Crippen molar-refractivity contribution in [2.75, 3.05) is 112 Å². The molecule has 4 unspecified atom stereocenters. The number of ether oxygens (including phenoxy) is 2. The summed E-state index contributed by atoms with van der Waals surface area (Å²) in [6.45, 7) is -0.537. The van der Waals surface area contributed by atoms with Crippen LogP contribution in [0.4, 0.5) is 0 Å². The Hall–Kier alpha value is -9.79. The number of nitrogens with zero attached hydrogens (tertiary/aromatic N) is 5. The second kappa shape index (κ2) is 49.0. The molecule has 632 valence electrons. The van der Waals surface area contributed by atoms with Crippen LogP contribution in [0, 0.1) is 5.92 Å². The molecule has 0 spiro atoms. The van der Waals surface area contributed by atoms with E-state index in [1.165, 1.54) is 21.6 Å². The van der Waals surface area contributed by atoms with Crippen molar-refractivity contribution in [1.82, 2.24) is 83.2 Å². The molecule has 0 aromatic heterocycles. The number of nitrogens with two attached hydrogens (primary N) is 3. The molecule has 20 N–H and O–H groups in total. The zero-order valence-electron chi connectivity index (χ0n) is 64.1. The number of aldehydes is 1. The summed E-state index contributed by atoms with van der Waals surface area (Å²) in [4.78, 5) is 252. The summed E-state index contributed by atoms with van der Waals surface area (Å²) in [7, 11) is 0. The third kappa shape index (κ3) is 29.9. The van der Waals surface area contributed by atoms with Gasteiger partial charge < -0.3 is 114 Å². The second-order valence-electron chi connectivity index (χ2n) is 28.1. The molecule has 0 bridgehead atoms. The Balaban J connectivity index is 0.985. The molecule has 12 atom stereocenters. The molecule has 17 amide bonds. The molecule has 5 heterocycles. The first-order valence-electron chi connectivity index (χ1n) is 38.4. The summed E-state index contributed by atoms with van der Waals surface area (Å²) < 4.78 is 10.8. The largest absolute Gasteiger partial charge is 0.394 e. The van der Waals surface area contributed by atoms with Crippen LogP contribution < -0.4 is 75.9 Å². The van der Waals surface area contributed by atoms with E-state index in [1.807, 2.05) is 6.92 Å². The number of rotatable bonds is 52. The van der Waals surface area contributed by atoms with Gasteiger partial charge in [-0.25, -0.2) is 10.9 Å². The number of carbonyl (C=O) groups is 19. The Bertz CT molecular complexity index is 3350. The molecule has 0 radical (unpaired) electrons. The van der Waals surface area contributed by atoms with Crippen LogP contribution in [0.1, 0.15) is 142 Å². The molecule has 0 aromatic carbocycles. The SMILES string of the molecule is CCC1CC(=O)N(CCC(=O)CCCOCCOCC(=O)NCCCCC(NN[C@@H](CO)C(=O)N2CCC[C@H]2C(=O)N2CCC[C@H]2C(=O)N2CCC[C@H]2C(=O)NC(C)C(=O)NCC(=O)N[C@@H](CO)C(=O)N[C@@H](CO)C(=O)N2CCC[C@H]2C(=O)NCC(=O)NCC(=O)NC(CC(N)=O)C(=O)N[C@H](C=O)CCCCN)C(N)=O)C1=O. The van der Waals surface area contributed by atoms with E-state index < -0.39 is 201 Å². The number of amides is 17. The summed E-state index contributed by atoms with van der Waals surface area (Å²) in [6, 6.07) is -13.9. The van der Waals surface area contributed by atoms with Crippen LogP contribution in [0.25, 0.3) is 0 Å². The topological polar surface area (TPSA) is 630 Å². The maximum atomic E-state index is 14.4. The van der Waals surface area contributed by atoms with Gasteiger partial charge in [0.05, 0.1) is 71.2 Å². The Kier molecular flexibility index (Phi) is 40.7. The number of Topliss-reactive ketones (excluding diaryl/α,β-unsaturated/α-hetero) is 1. The predicted octanol–water partition coefficient (Wildman–Crippen LogP) is -9.92. The maximum absolute atomic E-state index is 14.4. The number of likely N-dealkylation sites (tertiary alicyclic amines) is 5. The van der Waals surface area contributed by atoms with Crippen LogP contribution in [0.15, 0.2) is 0 Å². The molecule has 113 heavy (non-hydrogen) atoms. The number of hydrazine groups is 1. The lowest BCUT2D eigenvalue weighted by Gasteiger charge is -2.35. The second-order valence-corrected chi connectivity index (χ2v) is 28.1. The average Bonchev–Trinajstić information content (AvgIpc) is 1.66. The first-order chi connectivity index (χ1) is 54.0. The van der Waals surface area contributed by atoms with E-state index in [-0.39, 0.29) is 153 Å². The molecule has 5 saturated heterocycles. The molecule has 5 aliphatic rings. The summed E-state index contributed by atoms with van der Waals surface area (Å²) >= 11 is 0. The lowest BCUT2D eigenvalue weighted by Crippen LogP contribution is -2.60. The Morgan fingerprint density at radius 3 is 1.67 bits per heavy atom. The van der Waals surface area contributed by atoms with Crippen LogP contribution in [0.3, 0.4) is 0 Å². The van der Waals surface area contributed by atoms with Gasteiger partial charge in [-0.15, -0.1) is 0 Å². The number of hydrogen-bond acceptors (Lipinski definition) is 27. The fourth-order valence-electron chi connectivity index (χ4n) is 13.6. The van der Waals surface area contributed by atoms with Gasteiger partial charge in [-0.3, -0.25) is 91.2 Å². The Morgan fingerprint density at radius 2 is 1.07 bits per heavy atom. The van der Waals surface area contributed by atoms with Crippen LogP contribution in [-0.2, 0) is 101 Å². The monoisotopic (exact) mass is 1600 g/mol. The number of unbranched alkanes of at least 4 members (excludes halogenated alkanes) is 2. The van der Waals surface area contributed by atoms with Gasteiger partial charge in [-0.05, 0) is 116 Å². The summed E-state index contributed by atoms with van der Waals surface area (Å²) in [6.07, 6.45) is 5.88. The van der Waals surface area contributed by atoms with Crippen molar-refractivity contribution in [1.29, 1.82) is 0 Å². The first-order valence-corrected chi connectivity index (χ1v) is 38.4. The number of primary amides is 2. The first kappa shape index (κ1) is 93.8. The smallest absolute Gasteiger partial charge is 0.248 e. The molecule has 5 rings (SSSR count). The number of ketones is 1. The van der Waals surface area contributed by atoms with Gasteiger partial charge in [0.2, 0.25) is 100 Å². The quantitative estimate of drug-likeness (QED) is 0.0116. The molecule has 0 aliphatic carbocycles. The van der Waals surface area contributed by atoms with Crippen LogP contribution in [0.2, 0.25) is 0 Å². The summed E-state index contributed by atoms with van der Waals surface area (Å²) in [5.41, 5.74) is 21.8. The fourth-order valence-corrected chi connectivity index (χ4v) is 13.6. The maximum Gasteiger partial charge on any atom is 0.248 e.